The summed E-state index contributed by atoms with van der Waals surface area (Å²) in [7, 11) is 0. The normalized spacial score (nSPS) is 18.4. The van der Waals surface area contributed by atoms with Crippen molar-refractivity contribution >= 4 is 5.91 Å². The molecule has 5 nitrogen and oxygen atoms in total. The maximum Gasteiger partial charge on any atom is 0.272 e. The summed E-state index contributed by atoms with van der Waals surface area (Å²) in [5.74, 6) is -0.158. The van der Waals surface area contributed by atoms with Gasteiger partial charge in [0.2, 0.25) is 0 Å². The van der Waals surface area contributed by atoms with E-state index in [1.165, 1.54) is 44.7 Å². The van der Waals surface area contributed by atoms with Crippen LogP contribution in [0.4, 0.5) is 4.39 Å². The first-order valence-corrected chi connectivity index (χ1v) is 11.6. The van der Waals surface area contributed by atoms with Crippen molar-refractivity contribution in [1.29, 1.82) is 0 Å². The van der Waals surface area contributed by atoms with E-state index in [-0.39, 0.29) is 11.7 Å². The number of likely N-dealkylation sites (tertiary alicyclic amines) is 2. The summed E-state index contributed by atoms with van der Waals surface area (Å²) in [6.07, 6.45) is 9.03. The molecule has 31 heavy (non-hydrogen) atoms. The molecule has 2 aliphatic heterocycles. The van der Waals surface area contributed by atoms with Crippen molar-refractivity contribution in [1.82, 2.24) is 19.8 Å². The minimum atomic E-state index is -0.182. The van der Waals surface area contributed by atoms with Crippen LogP contribution < -0.4 is 0 Å². The number of nitrogens with zero attached hydrogens (tertiary/aromatic N) is 4. The van der Waals surface area contributed by atoms with Gasteiger partial charge < -0.3 is 9.80 Å². The molecule has 2 aliphatic rings. The molecular weight excluding hydrogens is 391 g/mol. The predicted octanol–water partition coefficient (Wildman–Crippen LogP) is 4.11. The Morgan fingerprint density at radius 1 is 1.03 bits per heavy atom. The van der Waals surface area contributed by atoms with Crippen molar-refractivity contribution < 1.29 is 9.18 Å². The highest BCUT2D eigenvalue weighted by molar-refractivity contribution is 5.93. The molecule has 2 aromatic rings. The summed E-state index contributed by atoms with van der Waals surface area (Å²) in [5, 5.41) is 0. The maximum atomic E-state index is 13.5. The lowest BCUT2D eigenvalue weighted by Crippen LogP contribution is -2.48. The zero-order chi connectivity index (χ0) is 21.8. The van der Waals surface area contributed by atoms with Crippen molar-refractivity contribution in [3.8, 4) is 0 Å². The number of aromatic nitrogens is 2. The van der Waals surface area contributed by atoms with Gasteiger partial charge in [-0.3, -0.25) is 4.79 Å². The highest BCUT2D eigenvalue weighted by atomic mass is 19.1. The molecular formula is C25H33FN4O. The van der Waals surface area contributed by atoms with Gasteiger partial charge in [0.15, 0.2) is 0 Å². The lowest BCUT2D eigenvalue weighted by molar-refractivity contribution is 0.0583. The quantitative estimate of drug-likeness (QED) is 0.725. The Morgan fingerprint density at radius 3 is 2.48 bits per heavy atom. The van der Waals surface area contributed by atoms with Crippen LogP contribution in [0.15, 0.2) is 24.5 Å². The Bertz CT molecular complexity index is 918. The number of halogens is 1. The monoisotopic (exact) mass is 424 g/mol. The van der Waals surface area contributed by atoms with Gasteiger partial charge in [0, 0.05) is 30.4 Å². The van der Waals surface area contributed by atoms with E-state index in [4.69, 9.17) is 0 Å². The topological polar surface area (TPSA) is 49.3 Å². The molecule has 0 spiro atoms. The van der Waals surface area contributed by atoms with Crippen LogP contribution in [0.3, 0.4) is 0 Å². The Balaban J connectivity index is 1.38. The van der Waals surface area contributed by atoms with Crippen LogP contribution in [0.2, 0.25) is 0 Å². The van der Waals surface area contributed by atoms with E-state index >= 15 is 0 Å². The number of carbonyl (C=O) groups is 1. The summed E-state index contributed by atoms with van der Waals surface area (Å²) < 4.78 is 13.5. The van der Waals surface area contributed by atoms with E-state index in [2.05, 4.69) is 14.9 Å². The highest BCUT2D eigenvalue weighted by Gasteiger charge is 2.29. The van der Waals surface area contributed by atoms with Gasteiger partial charge in [-0.05, 0) is 82.7 Å². The lowest BCUT2D eigenvalue weighted by atomic mass is 9.99. The molecule has 0 atom stereocenters. The first kappa shape index (κ1) is 21.9. The number of benzene rings is 1. The van der Waals surface area contributed by atoms with Crippen LogP contribution in [0.5, 0.6) is 0 Å². The summed E-state index contributed by atoms with van der Waals surface area (Å²) in [4.78, 5) is 26.5. The number of aryl methyl sites for hydroxylation is 3. The van der Waals surface area contributed by atoms with Gasteiger partial charge in [-0.15, -0.1) is 0 Å². The number of rotatable bonds is 5. The first-order chi connectivity index (χ1) is 15.0. The summed E-state index contributed by atoms with van der Waals surface area (Å²) in [6, 6.07) is 5.83. The molecule has 1 amide bonds. The van der Waals surface area contributed by atoms with Gasteiger partial charge in [0.25, 0.3) is 5.91 Å². The maximum absolute atomic E-state index is 13.5. The minimum Gasteiger partial charge on any atom is -0.337 e. The third-order valence-corrected chi connectivity index (χ3v) is 6.92. The molecule has 166 valence electrons. The second-order valence-corrected chi connectivity index (χ2v) is 9.00. The van der Waals surface area contributed by atoms with Gasteiger partial charge >= 0.3 is 0 Å². The Hall–Kier alpha value is -2.34. The molecule has 1 aromatic heterocycles. The Kier molecular flexibility index (Phi) is 6.96. The average Bonchev–Trinajstić information content (AvgIpc) is 2.81. The average molecular weight is 425 g/mol. The van der Waals surface area contributed by atoms with Crippen molar-refractivity contribution in [2.24, 2.45) is 0 Å². The van der Waals surface area contributed by atoms with E-state index in [1.54, 1.807) is 6.92 Å². The molecule has 3 heterocycles. The molecule has 0 saturated carbocycles. The van der Waals surface area contributed by atoms with Crippen LogP contribution in [0.1, 0.15) is 65.0 Å². The number of hydrogen-bond acceptors (Lipinski definition) is 4. The minimum absolute atomic E-state index is 0.0240. The largest absolute Gasteiger partial charge is 0.337 e. The zero-order valence-electron chi connectivity index (χ0n) is 18.7. The van der Waals surface area contributed by atoms with E-state index < -0.39 is 0 Å². The Labute approximate surface area is 184 Å². The third kappa shape index (κ3) is 5.12. The van der Waals surface area contributed by atoms with Crippen LogP contribution in [-0.2, 0) is 12.8 Å². The van der Waals surface area contributed by atoms with E-state index in [0.717, 1.165) is 49.2 Å². The lowest BCUT2D eigenvalue weighted by Gasteiger charge is -2.40. The molecule has 0 aliphatic carbocycles. The molecule has 0 N–H and O–H groups in total. The summed E-state index contributed by atoms with van der Waals surface area (Å²) >= 11 is 0. The number of piperidine rings is 2. The molecule has 2 fully saturated rings. The number of carbonyl (C=O) groups excluding carboxylic acids is 1. The van der Waals surface area contributed by atoms with Crippen molar-refractivity contribution in [2.75, 3.05) is 26.2 Å². The highest BCUT2D eigenvalue weighted by Crippen LogP contribution is 2.23. The van der Waals surface area contributed by atoms with Crippen molar-refractivity contribution in [3.63, 3.8) is 0 Å². The summed E-state index contributed by atoms with van der Waals surface area (Å²) in [6.45, 7) is 7.74. The molecule has 6 heteroatoms. The second kappa shape index (κ2) is 9.86. The fourth-order valence-corrected chi connectivity index (χ4v) is 4.95. The summed E-state index contributed by atoms with van der Waals surface area (Å²) in [5.41, 5.74) is 4.01. The van der Waals surface area contributed by atoms with Gasteiger partial charge in [0.05, 0.1) is 0 Å². The molecule has 0 radical (unpaired) electrons. The van der Waals surface area contributed by atoms with E-state index in [1.807, 2.05) is 24.0 Å². The molecule has 4 rings (SSSR count). The van der Waals surface area contributed by atoms with Gasteiger partial charge in [0.1, 0.15) is 17.8 Å². The van der Waals surface area contributed by atoms with Crippen molar-refractivity contribution in [3.05, 3.63) is 58.4 Å². The smallest absolute Gasteiger partial charge is 0.272 e. The van der Waals surface area contributed by atoms with Crippen LogP contribution >= 0.6 is 0 Å². The predicted molar refractivity (Wildman–Crippen MR) is 120 cm³/mol. The molecule has 0 unspecified atom stereocenters. The Morgan fingerprint density at radius 2 is 1.77 bits per heavy atom. The third-order valence-electron chi connectivity index (χ3n) is 6.92. The molecule has 1 aromatic carbocycles. The van der Waals surface area contributed by atoms with Gasteiger partial charge in [-0.2, -0.15) is 0 Å². The zero-order valence-corrected chi connectivity index (χ0v) is 18.7. The number of amides is 1. The molecule has 2 saturated heterocycles. The molecule has 0 bridgehead atoms. The standard InChI is InChI=1S/C25H33FN4O/c1-18-16-20(6-8-22(18)26)7-9-23-19(2)24(28-17-27-23)25(31)30-14-10-21(11-15-30)29-12-4-3-5-13-29/h6,8,16-17,21H,3-5,7,9-15H2,1-2H3. The van der Waals surface area contributed by atoms with Crippen molar-refractivity contribution in [2.45, 2.75) is 64.8 Å². The van der Waals surface area contributed by atoms with Crippen LogP contribution in [-0.4, -0.2) is 57.9 Å². The SMILES string of the molecule is Cc1cc(CCc2ncnc(C(=O)N3CCC(N4CCCCC4)CC3)c2C)ccc1F. The van der Waals surface area contributed by atoms with Crippen LogP contribution in [0.25, 0.3) is 0 Å². The fourth-order valence-electron chi connectivity index (χ4n) is 4.95. The van der Waals surface area contributed by atoms with Gasteiger partial charge in [-0.1, -0.05) is 18.6 Å². The fraction of sp³-hybridized carbons (Fsp3) is 0.560. The van der Waals surface area contributed by atoms with Gasteiger partial charge in [-0.25, -0.2) is 14.4 Å². The van der Waals surface area contributed by atoms with E-state index in [9.17, 15) is 9.18 Å². The van der Waals surface area contributed by atoms with E-state index in [0.29, 0.717) is 23.7 Å². The first-order valence-electron chi connectivity index (χ1n) is 11.6. The number of hydrogen-bond donors (Lipinski definition) is 0. The van der Waals surface area contributed by atoms with Crippen LogP contribution in [0, 0.1) is 19.7 Å². The second-order valence-electron chi connectivity index (χ2n) is 9.00.